The lowest BCUT2D eigenvalue weighted by atomic mass is 9.97. The van der Waals surface area contributed by atoms with Gasteiger partial charge in [0.25, 0.3) is 23.6 Å². The summed E-state index contributed by atoms with van der Waals surface area (Å²) in [5, 5.41) is 0. The molecule has 2 aliphatic carbocycles. The topological polar surface area (TPSA) is 186 Å². The van der Waals surface area contributed by atoms with Crippen LogP contribution in [0.1, 0.15) is 105 Å². The summed E-state index contributed by atoms with van der Waals surface area (Å²) >= 11 is 0. The van der Waals surface area contributed by atoms with Crippen LogP contribution in [-0.4, -0.2) is 118 Å². The quantitative estimate of drug-likeness (QED) is 0.0214. The van der Waals surface area contributed by atoms with E-state index in [9.17, 15) is 60.3 Å². The highest BCUT2D eigenvalue weighted by atomic mass is 19.2. The minimum atomic E-state index is -2.30. The van der Waals surface area contributed by atoms with Crippen LogP contribution < -0.4 is 0 Å². The van der Waals surface area contributed by atoms with Crippen LogP contribution in [0.25, 0.3) is 6.08 Å². The SMILES string of the molecule is CCCCC/C=C/C(=O)N1C(=O)OC[C@@H]1Cc1ccccc1.O=C(/C=C/c1c(F)c(F)c(F)c(F)c1F)N1C(=O)OC[C@@H]1Cc1ccccc1.O=C1OC[C@H](Cc2ccccc2)N1C(=O)C1=CCCC1.O=C1OC[C@H](Cc2ccccc2)N1C(=O)C1=CCCCC1. The highest BCUT2D eigenvalue weighted by molar-refractivity contribution is 6.05. The van der Waals surface area contributed by atoms with E-state index < -0.39 is 71.0 Å². The van der Waals surface area contributed by atoms with Crippen molar-refractivity contribution in [3.05, 3.63) is 220 Å². The first-order chi connectivity index (χ1) is 44.0. The Labute approximate surface area is 524 Å². The fraction of sp³-hybridized carbons (Fsp3) is 0.343. The van der Waals surface area contributed by atoms with Crippen molar-refractivity contribution in [3.8, 4) is 0 Å². The second-order valence-electron chi connectivity index (χ2n) is 22.3. The van der Waals surface area contributed by atoms with Crippen molar-refractivity contribution in [3.63, 3.8) is 0 Å². The van der Waals surface area contributed by atoms with Gasteiger partial charge in [0.05, 0.1) is 29.7 Å². The first kappa shape index (κ1) is 67.4. The number of nitrogens with zero attached hydrogens (tertiary/aromatic N) is 4. The minimum absolute atomic E-state index is 0.0875. The van der Waals surface area contributed by atoms with E-state index in [0.29, 0.717) is 31.4 Å². The van der Waals surface area contributed by atoms with Gasteiger partial charge in [0.15, 0.2) is 23.3 Å². The van der Waals surface area contributed by atoms with Crippen molar-refractivity contribution in [2.75, 3.05) is 26.4 Å². The molecule has 0 unspecified atom stereocenters. The van der Waals surface area contributed by atoms with Crippen LogP contribution in [0.3, 0.4) is 0 Å². The number of unbranched alkanes of at least 4 members (excludes halogenated alkanes) is 3. The molecule has 4 saturated heterocycles. The summed E-state index contributed by atoms with van der Waals surface area (Å²) in [4.78, 5) is 101. The van der Waals surface area contributed by atoms with E-state index in [2.05, 4.69) is 6.92 Å². The molecule has 5 aromatic carbocycles. The second kappa shape index (κ2) is 33.3. The van der Waals surface area contributed by atoms with Gasteiger partial charge in [-0.1, -0.05) is 159 Å². The van der Waals surface area contributed by atoms with Crippen molar-refractivity contribution >= 4 is 54.1 Å². The van der Waals surface area contributed by atoms with Crippen molar-refractivity contribution in [2.45, 2.75) is 127 Å². The van der Waals surface area contributed by atoms with E-state index in [4.69, 9.17) is 18.9 Å². The van der Waals surface area contributed by atoms with Gasteiger partial charge >= 0.3 is 24.4 Å². The predicted molar refractivity (Wildman–Crippen MR) is 326 cm³/mol. The van der Waals surface area contributed by atoms with Crippen LogP contribution in [0, 0.1) is 29.1 Å². The molecule has 0 saturated carbocycles. The van der Waals surface area contributed by atoms with Gasteiger partial charge in [0, 0.05) is 17.2 Å². The van der Waals surface area contributed by atoms with Crippen molar-refractivity contribution in [1.29, 1.82) is 0 Å². The van der Waals surface area contributed by atoms with Gasteiger partial charge in [-0.3, -0.25) is 19.2 Å². The van der Waals surface area contributed by atoms with Gasteiger partial charge < -0.3 is 18.9 Å². The fourth-order valence-electron chi connectivity index (χ4n) is 11.0. The zero-order valence-electron chi connectivity index (χ0n) is 50.3. The molecule has 4 aliphatic heterocycles. The third-order valence-corrected chi connectivity index (χ3v) is 15.8. The zero-order valence-corrected chi connectivity index (χ0v) is 50.3. The zero-order chi connectivity index (χ0) is 64.8. The number of cyclic esters (lactones) is 4. The molecule has 16 nitrogen and oxygen atoms in total. The molecule has 0 radical (unpaired) electrons. The Morgan fingerprint density at radius 3 is 1.14 bits per heavy atom. The lowest BCUT2D eigenvalue weighted by Gasteiger charge is -2.22. The number of benzene rings is 5. The Morgan fingerprint density at radius 2 is 0.780 bits per heavy atom. The van der Waals surface area contributed by atoms with Crippen LogP contribution in [0.15, 0.2) is 163 Å². The number of allylic oxidation sites excluding steroid dienone is 3. The molecule has 91 heavy (non-hydrogen) atoms. The Morgan fingerprint density at radius 1 is 0.440 bits per heavy atom. The number of hydrogen-bond donors (Lipinski definition) is 0. The van der Waals surface area contributed by atoms with Gasteiger partial charge in [-0.25, -0.2) is 60.7 Å². The minimum Gasteiger partial charge on any atom is -0.447 e. The summed E-state index contributed by atoms with van der Waals surface area (Å²) in [6.45, 7) is 2.89. The summed E-state index contributed by atoms with van der Waals surface area (Å²) in [5.41, 5.74) is 4.35. The van der Waals surface area contributed by atoms with Crippen LogP contribution in [-0.2, 0) is 63.8 Å². The Bertz CT molecular complexity index is 3490. The van der Waals surface area contributed by atoms with Gasteiger partial charge in [0.1, 0.15) is 26.4 Å². The van der Waals surface area contributed by atoms with E-state index in [1.54, 1.807) is 30.3 Å². The van der Waals surface area contributed by atoms with Crippen molar-refractivity contribution in [2.24, 2.45) is 0 Å². The van der Waals surface area contributed by atoms with Crippen LogP contribution in [0.2, 0.25) is 0 Å². The average molecular weight is 1260 g/mol. The van der Waals surface area contributed by atoms with Crippen molar-refractivity contribution < 1.29 is 79.3 Å². The Balaban J connectivity index is 0.000000158. The third kappa shape index (κ3) is 18.1. The largest absolute Gasteiger partial charge is 0.447 e. The van der Waals surface area contributed by atoms with E-state index in [0.717, 1.165) is 109 Å². The lowest BCUT2D eigenvalue weighted by molar-refractivity contribution is -0.126. The summed E-state index contributed by atoms with van der Waals surface area (Å²) < 4.78 is 86.9. The van der Waals surface area contributed by atoms with Crippen LogP contribution in [0.4, 0.5) is 41.1 Å². The van der Waals surface area contributed by atoms with E-state index in [1.165, 1.54) is 20.8 Å². The monoisotopic (exact) mass is 1250 g/mol. The van der Waals surface area contributed by atoms with Crippen LogP contribution in [0.5, 0.6) is 0 Å². The summed E-state index contributed by atoms with van der Waals surface area (Å²) in [5.74, 6) is -12.3. The van der Waals surface area contributed by atoms with Gasteiger partial charge in [-0.2, -0.15) is 0 Å². The summed E-state index contributed by atoms with van der Waals surface area (Å²) in [7, 11) is 0. The Kier molecular flexibility index (Phi) is 24.7. The van der Waals surface area contributed by atoms with Gasteiger partial charge in [-0.05, 0) is 118 Å². The fourth-order valence-corrected chi connectivity index (χ4v) is 11.0. The average Bonchev–Trinajstić information content (AvgIpc) is 1.82. The standard InChI is InChI=1S/C19H12F5NO3.C18H23NO3.C17H19NO3.C16H17NO3/c20-14-12(15(21)17(23)18(24)16(14)22)6-7-13(26)25-11(9-28-19(25)27)8-10-4-2-1-3-5-10;1-2-3-4-5-9-12-17(20)19-16(14-22-18(19)21)13-15-10-7-6-8-11-15;19-16(14-9-5-2-6-10-14)18-15(12-21-17(18)20)11-13-7-3-1-4-8-13;18-15(13-8-4-5-9-13)17-14(11-20-16(17)19)10-12-6-2-1-3-7-12/h1-7,11H,8-9H2;6-12,16H,2-5,13-14H2,1H3;1,3-4,7-9,15H,2,5-6,10-12H2;1-3,6-8,14H,4-5,9-11H2/b7-6+;12-9+;;/t11-;16-;15-;14-/m0000/s1. The lowest BCUT2D eigenvalue weighted by Crippen LogP contribution is -2.41. The normalized spacial score (nSPS) is 19.3. The molecule has 8 amide bonds. The van der Waals surface area contributed by atoms with Gasteiger partial charge in [0.2, 0.25) is 5.82 Å². The molecule has 0 bridgehead atoms. The molecule has 4 atom stereocenters. The molecule has 11 rings (SSSR count). The van der Waals surface area contributed by atoms with E-state index >= 15 is 0 Å². The highest BCUT2D eigenvalue weighted by Gasteiger charge is 2.42. The maximum Gasteiger partial charge on any atom is 0.417 e. The van der Waals surface area contributed by atoms with Gasteiger partial charge in [-0.15, -0.1) is 0 Å². The maximum absolute atomic E-state index is 13.7. The molecule has 4 heterocycles. The predicted octanol–water partition coefficient (Wildman–Crippen LogP) is 13.5. The number of carbonyl (C=O) groups excluding carboxylic acids is 8. The van der Waals surface area contributed by atoms with Crippen molar-refractivity contribution in [1.82, 2.24) is 19.6 Å². The number of ether oxygens (including phenoxy) is 4. The molecule has 0 spiro atoms. The molecular weight excluding hydrogens is 1180 g/mol. The number of hydrogen-bond acceptors (Lipinski definition) is 12. The summed E-state index contributed by atoms with van der Waals surface area (Å²) in [6.07, 6.45) is 18.7. The molecule has 5 aromatic rings. The van der Waals surface area contributed by atoms with Crippen LogP contribution >= 0.6 is 0 Å². The number of imide groups is 4. The molecular formula is C70H71F5N4O12. The van der Waals surface area contributed by atoms with E-state index in [1.807, 2.05) is 109 Å². The molecule has 0 aromatic heterocycles. The molecule has 478 valence electrons. The number of halogens is 5. The van der Waals surface area contributed by atoms with E-state index in [-0.39, 0.29) is 68.7 Å². The smallest absolute Gasteiger partial charge is 0.417 e. The highest BCUT2D eigenvalue weighted by Crippen LogP contribution is 2.29. The molecule has 0 N–H and O–H groups in total. The maximum atomic E-state index is 13.7. The first-order valence-electron chi connectivity index (χ1n) is 30.4. The number of carbonyl (C=O) groups is 8. The molecule has 6 aliphatic rings. The molecule has 4 fully saturated rings. The first-order valence-corrected chi connectivity index (χ1v) is 30.4. The molecule has 21 heteroatoms. The third-order valence-electron chi connectivity index (χ3n) is 15.8. The number of amides is 8. The Hall–Kier alpha value is -9.53. The number of rotatable bonds is 17. The second-order valence-corrected chi connectivity index (χ2v) is 22.3. The summed E-state index contributed by atoms with van der Waals surface area (Å²) in [6, 6.07) is 37.2.